The molecule has 0 unspecified atom stereocenters. The van der Waals surface area contributed by atoms with E-state index in [4.69, 9.17) is 9.47 Å². The Morgan fingerprint density at radius 1 is 0.552 bits per heavy atom. The largest absolute Gasteiger partial charge is 0.464 e. The van der Waals surface area contributed by atoms with Crippen LogP contribution in [0.4, 0.5) is 0 Å². The van der Waals surface area contributed by atoms with Gasteiger partial charge in [-0.25, -0.2) is 0 Å². The summed E-state index contributed by atoms with van der Waals surface area (Å²) in [6, 6.07) is 0. The maximum atomic E-state index is 11.9. The summed E-state index contributed by atoms with van der Waals surface area (Å²) in [6.45, 7) is 15.0. The Balaban J connectivity index is 4.02. The van der Waals surface area contributed by atoms with Gasteiger partial charge >= 0.3 is 11.9 Å². The number of rotatable bonds is 20. The third kappa shape index (κ3) is 17.4. The van der Waals surface area contributed by atoms with Crippen LogP contribution in [0.15, 0.2) is 0 Å². The van der Waals surface area contributed by atoms with Gasteiger partial charge in [-0.15, -0.1) is 0 Å². The van der Waals surface area contributed by atoms with Gasteiger partial charge in [0.1, 0.15) is 19.6 Å². The van der Waals surface area contributed by atoms with Crippen molar-refractivity contribution in [2.45, 2.75) is 85.5 Å². The summed E-state index contributed by atoms with van der Waals surface area (Å²) in [5.74, 6) is -0.982. The second kappa shape index (κ2) is 20.1. The van der Waals surface area contributed by atoms with Crippen molar-refractivity contribution in [3.8, 4) is 0 Å². The molecule has 0 amide bonds. The fraction of sp³-hybridized carbons (Fsp3) is 0.913. The maximum absolute atomic E-state index is 11.9. The molecular weight excluding hydrogens is 368 g/mol. The van der Waals surface area contributed by atoms with Gasteiger partial charge in [-0.05, 0) is 51.9 Å². The second-order valence-electron chi connectivity index (χ2n) is 7.72. The molecule has 0 aliphatic rings. The number of ether oxygens (including phenoxy) is 2. The van der Waals surface area contributed by atoms with Crippen molar-refractivity contribution in [3.63, 3.8) is 0 Å². The molecule has 0 atom stereocenters. The van der Waals surface area contributed by atoms with Crippen LogP contribution in [0.5, 0.6) is 0 Å². The average Bonchev–Trinajstić information content (AvgIpc) is 2.71. The zero-order chi connectivity index (χ0) is 21.7. The van der Waals surface area contributed by atoms with Crippen molar-refractivity contribution in [2.24, 2.45) is 0 Å². The van der Waals surface area contributed by atoms with E-state index >= 15 is 0 Å². The monoisotopic (exact) mass is 414 g/mol. The van der Waals surface area contributed by atoms with Crippen molar-refractivity contribution in [2.75, 3.05) is 52.5 Å². The molecule has 0 bridgehead atoms. The quantitative estimate of drug-likeness (QED) is 0.219. The molecule has 172 valence electrons. The van der Waals surface area contributed by atoms with E-state index < -0.39 is 11.9 Å². The molecule has 0 spiro atoms. The summed E-state index contributed by atoms with van der Waals surface area (Å²) in [6.07, 6.45) is 8.92. The summed E-state index contributed by atoms with van der Waals surface area (Å²) >= 11 is 0. The lowest BCUT2D eigenvalue weighted by Gasteiger charge is -2.22. The van der Waals surface area contributed by atoms with Crippen LogP contribution in [0.3, 0.4) is 0 Å². The zero-order valence-corrected chi connectivity index (χ0v) is 19.5. The molecular formula is C23H46N2O4. The van der Waals surface area contributed by atoms with Gasteiger partial charge in [0.25, 0.3) is 0 Å². The average molecular weight is 415 g/mol. The fourth-order valence-corrected chi connectivity index (χ4v) is 2.99. The minimum Gasteiger partial charge on any atom is -0.464 e. The third-order valence-electron chi connectivity index (χ3n) is 4.94. The summed E-state index contributed by atoms with van der Waals surface area (Å²) in [4.78, 5) is 28.4. The molecule has 0 saturated carbocycles. The molecule has 0 radical (unpaired) electrons. The van der Waals surface area contributed by atoms with E-state index in [2.05, 4.69) is 37.5 Å². The van der Waals surface area contributed by atoms with Crippen molar-refractivity contribution in [1.82, 2.24) is 9.80 Å². The SMILES string of the molecule is CCCCN(CCCC)CCOC(=O)CC(=O)OCCN(CCCC)CCCC. The smallest absolute Gasteiger partial charge is 0.317 e. The predicted molar refractivity (Wildman–Crippen MR) is 119 cm³/mol. The maximum Gasteiger partial charge on any atom is 0.317 e. The molecule has 0 saturated heterocycles. The van der Waals surface area contributed by atoms with Gasteiger partial charge < -0.3 is 9.47 Å². The molecule has 0 aromatic rings. The molecule has 0 aromatic heterocycles. The fourth-order valence-electron chi connectivity index (χ4n) is 2.99. The van der Waals surface area contributed by atoms with E-state index in [-0.39, 0.29) is 6.42 Å². The van der Waals surface area contributed by atoms with Gasteiger partial charge in [-0.2, -0.15) is 0 Å². The van der Waals surface area contributed by atoms with Gasteiger partial charge in [-0.3, -0.25) is 19.4 Å². The van der Waals surface area contributed by atoms with Gasteiger partial charge in [0, 0.05) is 13.1 Å². The predicted octanol–water partition coefficient (Wildman–Crippen LogP) is 4.27. The molecule has 0 heterocycles. The second-order valence-corrected chi connectivity index (χ2v) is 7.72. The van der Waals surface area contributed by atoms with Gasteiger partial charge in [0.2, 0.25) is 0 Å². The molecule has 6 heteroatoms. The zero-order valence-electron chi connectivity index (χ0n) is 19.5. The van der Waals surface area contributed by atoms with Crippen molar-refractivity contribution >= 4 is 11.9 Å². The van der Waals surface area contributed by atoms with Crippen molar-refractivity contribution in [3.05, 3.63) is 0 Å². The molecule has 0 aliphatic heterocycles. The minimum absolute atomic E-state index is 0.298. The number of esters is 2. The highest BCUT2D eigenvalue weighted by atomic mass is 16.6. The first kappa shape index (κ1) is 27.9. The van der Waals surface area contributed by atoms with Crippen molar-refractivity contribution < 1.29 is 19.1 Å². The Morgan fingerprint density at radius 2 is 0.862 bits per heavy atom. The Kier molecular flexibility index (Phi) is 19.4. The van der Waals surface area contributed by atoms with E-state index in [0.717, 1.165) is 90.6 Å². The number of hydrogen-bond acceptors (Lipinski definition) is 6. The highest BCUT2D eigenvalue weighted by Gasteiger charge is 2.14. The number of nitrogens with zero attached hydrogens (tertiary/aromatic N) is 2. The topological polar surface area (TPSA) is 59.1 Å². The molecule has 0 rings (SSSR count). The Morgan fingerprint density at radius 3 is 1.14 bits per heavy atom. The first-order valence-electron chi connectivity index (χ1n) is 11.8. The van der Waals surface area contributed by atoms with Crippen LogP contribution in [0, 0.1) is 0 Å². The summed E-state index contributed by atoms with van der Waals surface area (Å²) in [5, 5.41) is 0. The molecule has 0 aliphatic carbocycles. The lowest BCUT2D eigenvalue weighted by atomic mass is 10.2. The first-order valence-corrected chi connectivity index (χ1v) is 11.8. The van der Waals surface area contributed by atoms with Crippen molar-refractivity contribution in [1.29, 1.82) is 0 Å². The summed E-state index contributed by atoms with van der Waals surface area (Å²) in [5.41, 5.74) is 0. The standard InChI is InChI=1S/C23H46N2O4/c1-5-9-13-24(14-10-6-2)17-19-28-22(26)21-23(27)29-20-18-25(15-11-7-3)16-12-8-4/h5-21H2,1-4H3. The number of hydrogen-bond donors (Lipinski definition) is 0. The summed E-state index contributed by atoms with van der Waals surface area (Å²) in [7, 11) is 0. The third-order valence-corrected chi connectivity index (χ3v) is 4.94. The van der Waals surface area contributed by atoms with Gasteiger partial charge in [0.15, 0.2) is 0 Å². The van der Waals surface area contributed by atoms with Crippen LogP contribution in [-0.2, 0) is 19.1 Å². The van der Waals surface area contributed by atoms with Crippen LogP contribution >= 0.6 is 0 Å². The lowest BCUT2D eigenvalue weighted by molar-refractivity contribution is -0.155. The van der Waals surface area contributed by atoms with E-state index in [1.54, 1.807) is 0 Å². The lowest BCUT2D eigenvalue weighted by Crippen LogP contribution is -2.31. The molecule has 0 aromatic carbocycles. The van der Waals surface area contributed by atoms with E-state index in [1.807, 2.05) is 0 Å². The molecule has 0 N–H and O–H groups in total. The van der Waals surface area contributed by atoms with Gasteiger partial charge in [-0.1, -0.05) is 53.4 Å². The Hall–Kier alpha value is -1.14. The number of unbranched alkanes of at least 4 members (excludes halogenated alkanes) is 4. The van der Waals surface area contributed by atoms with Crippen LogP contribution < -0.4 is 0 Å². The Bertz CT molecular complexity index is 352. The molecule has 6 nitrogen and oxygen atoms in total. The van der Waals surface area contributed by atoms with Crippen LogP contribution in [0.1, 0.15) is 85.5 Å². The number of carbonyl (C=O) groups is 2. The van der Waals surface area contributed by atoms with Gasteiger partial charge in [0.05, 0.1) is 0 Å². The highest BCUT2D eigenvalue weighted by molar-refractivity contribution is 5.91. The van der Waals surface area contributed by atoms with E-state index in [1.165, 1.54) is 0 Å². The van der Waals surface area contributed by atoms with E-state index in [9.17, 15) is 9.59 Å². The van der Waals surface area contributed by atoms with Crippen LogP contribution in [-0.4, -0.2) is 74.2 Å². The van der Waals surface area contributed by atoms with Crippen LogP contribution in [0.2, 0.25) is 0 Å². The first-order chi connectivity index (χ1) is 14.1. The number of carbonyl (C=O) groups excluding carboxylic acids is 2. The highest BCUT2D eigenvalue weighted by Crippen LogP contribution is 2.01. The normalized spacial score (nSPS) is 11.2. The van der Waals surface area contributed by atoms with Crippen LogP contribution in [0.25, 0.3) is 0 Å². The summed E-state index contributed by atoms with van der Waals surface area (Å²) < 4.78 is 10.5. The molecule has 0 fully saturated rings. The Labute approximate surface area is 179 Å². The van der Waals surface area contributed by atoms with E-state index in [0.29, 0.717) is 13.2 Å². The minimum atomic E-state index is -0.491. The molecule has 29 heavy (non-hydrogen) atoms.